The SMILES string of the molecule is O=C(CCn1cncn1)N1CCCC2(CCCNC2)C1. The van der Waals surface area contributed by atoms with Crippen LogP contribution in [0.15, 0.2) is 12.7 Å². The second-order valence-electron chi connectivity index (χ2n) is 6.11. The lowest BCUT2D eigenvalue weighted by molar-refractivity contribution is -0.135. The molecule has 1 aromatic heterocycles. The van der Waals surface area contributed by atoms with Gasteiger partial charge in [0.1, 0.15) is 12.7 Å². The van der Waals surface area contributed by atoms with E-state index in [9.17, 15) is 4.79 Å². The molecule has 1 spiro atoms. The summed E-state index contributed by atoms with van der Waals surface area (Å²) >= 11 is 0. The Bertz CT molecular complexity index is 433. The van der Waals surface area contributed by atoms with Crippen LogP contribution < -0.4 is 5.32 Å². The van der Waals surface area contributed by atoms with E-state index in [4.69, 9.17) is 0 Å². The first kappa shape index (κ1) is 13.5. The quantitative estimate of drug-likeness (QED) is 0.881. The molecule has 1 amide bonds. The largest absolute Gasteiger partial charge is 0.342 e. The molecule has 2 saturated heterocycles. The Morgan fingerprint density at radius 2 is 2.25 bits per heavy atom. The summed E-state index contributed by atoms with van der Waals surface area (Å²) in [4.78, 5) is 18.3. The van der Waals surface area contributed by atoms with Gasteiger partial charge >= 0.3 is 0 Å². The minimum Gasteiger partial charge on any atom is -0.342 e. The van der Waals surface area contributed by atoms with Crippen LogP contribution in [-0.2, 0) is 11.3 Å². The van der Waals surface area contributed by atoms with Crippen LogP contribution >= 0.6 is 0 Å². The van der Waals surface area contributed by atoms with Gasteiger partial charge in [0, 0.05) is 31.5 Å². The van der Waals surface area contributed by atoms with Gasteiger partial charge in [-0.2, -0.15) is 5.10 Å². The Morgan fingerprint density at radius 1 is 1.35 bits per heavy atom. The van der Waals surface area contributed by atoms with Crippen LogP contribution in [0.3, 0.4) is 0 Å². The van der Waals surface area contributed by atoms with E-state index in [1.807, 2.05) is 0 Å². The van der Waals surface area contributed by atoms with E-state index in [-0.39, 0.29) is 5.91 Å². The van der Waals surface area contributed by atoms with Crippen molar-refractivity contribution in [2.24, 2.45) is 5.41 Å². The maximum atomic E-state index is 12.4. The summed E-state index contributed by atoms with van der Waals surface area (Å²) < 4.78 is 1.72. The average molecular weight is 277 g/mol. The molecule has 1 aromatic rings. The van der Waals surface area contributed by atoms with Crippen LogP contribution in [0.2, 0.25) is 0 Å². The molecule has 0 radical (unpaired) electrons. The first-order valence-electron chi connectivity index (χ1n) is 7.58. The number of hydrogen-bond acceptors (Lipinski definition) is 4. The summed E-state index contributed by atoms with van der Waals surface area (Å²) in [5.74, 6) is 0.255. The maximum absolute atomic E-state index is 12.4. The highest BCUT2D eigenvalue weighted by molar-refractivity contribution is 5.76. The average Bonchev–Trinajstić information content (AvgIpc) is 2.99. The Morgan fingerprint density at radius 3 is 3.00 bits per heavy atom. The van der Waals surface area contributed by atoms with E-state index >= 15 is 0 Å². The molecule has 1 atom stereocenters. The molecule has 1 N–H and O–H groups in total. The molecule has 6 nitrogen and oxygen atoms in total. The second-order valence-corrected chi connectivity index (χ2v) is 6.11. The van der Waals surface area contributed by atoms with E-state index in [1.54, 1.807) is 11.0 Å². The molecule has 3 heterocycles. The first-order chi connectivity index (χ1) is 9.77. The summed E-state index contributed by atoms with van der Waals surface area (Å²) in [6, 6.07) is 0. The number of hydrogen-bond donors (Lipinski definition) is 1. The van der Waals surface area contributed by atoms with Gasteiger partial charge < -0.3 is 10.2 Å². The van der Waals surface area contributed by atoms with Gasteiger partial charge in [-0.15, -0.1) is 0 Å². The van der Waals surface area contributed by atoms with Gasteiger partial charge in [0.05, 0.1) is 6.54 Å². The molecule has 0 saturated carbocycles. The lowest BCUT2D eigenvalue weighted by Gasteiger charge is -2.45. The Kier molecular flexibility index (Phi) is 4.00. The minimum absolute atomic E-state index is 0.255. The lowest BCUT2D eigenvalue weighted by Crippen LogP contribution is -2.52. The van der Waals surface area contributed by atoms with Crippen molar-refractivity contribution >= 4 is 5.91 Å². The van der Waals surface area contributed by atoms with Crippen molar-refractivity contribution in [3.63, 3.8) is 0 Å². The Labute approximate surface area is 119 Å². The molecule has 2 fully saturated rings. The normalized spacial score (nSPS) is 26.9. The molecule has 1 unspecified atom stereocenters. The number of nitrogens with zero attached hydrogens (tertiary/aromatic N) is 4. The smallest absolute Gasteiger partial charge is 0.224 e. The van der Waals surface area contributed by atoms with Gasteiger partial charge in [0.2, 0.25) is 5.91 Å². The van der Waals surface area contributed by atoms with Crippen LogP contribution in [0.1, 0.15) is 32.1 Å². The molecule has 110 valence electrons. The van der Waals surface area contributed by atoms with Gasteiger partial charge in [-0.05, 0) is 32.2 Å². The van der Waals surface area contributed by atoms with Gasteiger partial charge in [-0.1, -0.05) is 0 Å². The van der Waals surface area contributed by atoms with E-state index in [0.717, 1.165) is 32.6 Å². The number of carbonyl (C=O) groups excluding carboxylic acids is 1. The van der Waals surface area contributed by atoms with E-state index in [1.165, 1.54) is 25.6 Å². The second kappa shape index (κ2) is 5.91. The summed E-state index contributed by atoms with van der Waals surface area (Å²) in [6.07, 6.45) is 8.58. The third-order valence-corrected chi connectivity index (χ3v) is 4.60. The zero-order valence-electron chi connectivity index (χ0n) is 11.9. The topological polar surface area (TPSA) is 63.1 Å². The summed E-state index contributed by atoms with van der Waals surface area (Å²) in [5, 5.41) is 7.54. The number of likely N-dealkylation sites (tertiary alicyclic amines) is 1. The fourth-order valence-corrected chi connectivity index (χ4v) is 3.52. The number of amides is 1. The fraction of sp³-hybridized carbons (Fsp3) is 0.786. The van der Waals surface area contributed by atoms with Crippen molar-refractivity contribution in [3.8, 4) is 0 Å². The number of piperidine rings is 2. The zero-order chi connectivity index (χ0) is 13.8. The third kappa shape index (κ3) is 3.00. The molecule has 2 aliphatic rings. The number of nitrogens with one attached hydrogen (secondary N) is 1. The molecular formula is C14H23N5O. The van der Waals surface area contributed by atoms with E-state index < -0.39 is 0 Å². The van der Waals surface area contributed by atoms with Crippen molar-refractivity contribution in [2.75, 3.05) is 26.2 Å². The van der Waals surface area contributed by atoms with Crippen LogP contribution in [0.4, 0.5) is 0 Å². The molecule has 3 rings (SSSR count). The van der Waals surface area contributed by atoms with Crippen LogP contribution in [-0.4, -0.2) is 51.8 Å². The van der Waals surface area contributed by atoms with Gasteiger partial charge in [-0.3, -0.25) is 9.48 Å². The first-order valence-corrected chi connectivity index (χ1v) is 7.58. The van der Waals surface area contributed by atoms with Gasteiger partial charge in [0.15, 0.2) is 0 Å². The summed E-state index contributed by atoms with van der Waals surface area (Å²) in [7, 11) is 0. The number of carbonyl (C=O) groups is 1. The van der Waals surface area contributed by atoms with E-state index in [0.29, 0.717) is 18.4 Å². The Hall–Kier alpha value is -1.43. The lowest BCUT2D eigenvalue weighted by atomic mass is 9.74. The highest BCUT2D eigenvalue weighted by atomic mass is 16.2. The van der Waals surface area contributed by atoms with Crippen molar-refractivity contribution in [1.29, 1.82) is 0 Å². The molecule has 6 heteroatoms. The highest BCUT2D eigenvalue weighted by Gasteiger charge is 2.37. The van der Waals surface area contributed by atoms with Crippen molar-refractivity contribution in [3.05, 3.63) is 12.7 Å². The zero-order valence-corrected chi connectivity index (χ0v) is 11.9. The monoisotopic (exact) mass is 277 g/mol. The molecule has 2 aliphatic heterocycles. The molecule has 0 aliphatic carbocycles. The molecule has 0 bridgehead atoms. The number of aromatic nitrogens is 3. The maximum Gasteiger partial charge on any atom is 0.224 e. The van der Waals surface area contributed by atoms with Gasteiger partial charge in [0.25, 0.3) is 0 Å². The minimum atomic E-state index is 0.255. The Balaban J connectivity index is 1.54. The molecule has 0 aromatic carbocycles. The van der Waals surface area contributed by atoms with Crippen molar-refractivity contribution < 1.29 is 4.79 Å². The predicted molar refractivity (Wildman–Crippen MR) is 75.0 cm³/mol. The van der Waals surface area contributed by atoms with Crippen molar-refractivity contribution in [1.82, 2.24) is 25.0 Å². The fourth-order valence-electron chi connectivity index (χ4n) is 3.52. The van der Waals surface area contributed by atoms with Crippen LogP contribution in [0.5, 0.6) is 0 Å². The number of aryl methyl sites for hydroxylation is 1. The third-order valence-electron chi connectivity index (χ3n) is 4.60. The summed E-state index contributed by atoms with van der Waals surface area (Å²) in [5.41, 5.74) is 0.333. The predicted octanol–water partition coefficient (Wildman–Crippen LogP) is 0.660. The highest BCUT2D eigenvalue weighted by Crippen LogP contribution is 2.35. The molecule has 20 heavy (non-hydrogen) atoms. The molecular weight excluding hydrogens is 254 g/mol. The standard InChI is InChI=1S/C14H23N5O/c20-13(3-8-19-12-16-11-17-19)18-7-2-5-14(10-18)4-1-6-15-9-14/h11-12,15H,1-10H2. The number of rotatable bonds is 3. The van der Waals surface area contributed by atoms with E-state index in [2.05, 4.69) is 20.3 Å². The van der Waals surface area contributed by atoms with Crippen LogP contribution in [0.25, 0.3) is 0 Å². The van der Waals surface area contributed by atoms with Crippen molar-refractivity contribution in [2.45, 2.75) is 38.6 Å². The van der Waals surface area contributed by atoms with Gasteiger partial charge in [-0.25, -0.2) is 4.98 Å². The van der Waals surface area contributed by atoms with Crippen LogP contribution in [0, 0.1) is 5.41 Å². The summed E-state index contributed by atoms with van der Waals surface area (Å²) in [6.45, 7) is 4.66.